The van der Waals surface area contributed by atoms with Crippen LogP contribution in [-0.2, 0) is 14.8 Å². The number of amidine groups is 1. The van der Waals surface area contributed by atoms with E-state index >= 15 is 0 Å². The molecule has 4 rings (SSSR count). The molecule has 0 unspecified atom stereocenters. The SMILES string of the molecule is CCN1C(=O)C(=C2SC(C)=C(C)N2c2nccs2)SC1=NS(=O)(=O)c1ccc(Cl)cc1. The van der Waals surface area contributed by atoms with Crippen LogP contribution in [0.4, 0.5) is 5.13 Å². The first-order valence-corrected chi connectivity index (χ1v) is 13.5. The molecule has 2 aromatic rings. The fourth-order valence-electron chi connectivity index (χ4n) is 2.92. The zero-order valence-electron chi connectivity index (χ0n) is 16.7. The van der Waals surface area contributed by atoms with Crippen molar-refractivity contribution >= 4 is 72.7 Å². The third-order valence-electron chi connectivity index (χ3n) is 4.59. The zero-order valence-corrected chi connectivity index (χ0v) is 20.7. The number of halogens is 1. The Kier molecular flexibility index (Phi) is 6.23. The molecular formula is C19H17ClN4O3S4. The summed E-state index contributed by atoms with van der Waals surface area (Å²) in [7, 11) is -4.00. The molecule has 0 bridgehead atoms. The number of carbonyl (C=O) groups is 1. The summed E-state index contributed by atoms with van der Waals surface area (Å²) in [6.07, 6.45) is 1.71. The highest BCUT2D eigenvalue weighted by molar-refractivity contribution is 8.20. The molecule has 0 atom stereocenters. The number of hydrogen-bond donors (Lipinski definition) is 0. The molecule has 1 aromatic heterocycles. The van der Waals surface area contributed by atoms with Crippen LogP contribution in [0.25, 0.3) is 0 Å². The van der Waals surface area contributed by atoms with E-state index in [-0.39, 0.29) is 16.0 Å². The number of sulfonamides is 1. The second-order valence-corrected chi connectivity index (χ2v) is 11.6. The maximum Gasteiger partial charge on any atom is 0.284 e. The minimum Gasteiger partial charge on any atom is -0.286 e. The van der Waals surface area contributed by atoms with E-state index in [1.54, 1.807) is 13.1 Å². The highest BCUT2D eigenvalue weighted by Crippen LogP contribution is 2.49. The Morgan fingerprint density at radius 3 is 2.48 bits per heavy atom. The van der Waals surface area contributed by atoms with Gasteiger partial charge in [0.05, 0.1) is 4.90 Å². The number of allylic oxidation sites excluding steroid dienone is 2. The van der Waals surface area contributed by atoms with E-state index in [1.165, 1.54) is 52.3 Å². The first-order valence-electron chi connectivity index (χ1n) is 9.12. The van der Waals surface area contributed by atoms with Gasteiger partial charge < -0.3 is 0 Å². The van der Waals surface area contributed by atoms with Crippen LogP contribution in [0.1, 0.15) is 20.8 Å². The monoisotopic (exact) mass is 512 g/mol. The van der Waals surface area contributed by atoms with Gasteiger partial charge in [0.25, 0.3) is 15.9 Å². The predicted octanol–water partition coefficient (Wildman–Crippen LogP) is 5.11. The maximum atomic E-state index is 13.2. The van der Waals surface area contributed by atoms with E-state index in [0.29, 0.717) is 21.5 Å². The van der Waals surface area contributed by atoms with Gasteiger partial charge in [-0.25, -0.2) is 4.98 Å². The van der Waals surface area contributed by atoms with Crippen molar-refractivity contribution < 1.29 is 13.2 Å². The second-order valence-electron chi connectivity index (χ2n) is 6.48. The highest BCUT2D eigenvalue weighted by atomic mass is 35.5. The lowest BCUT2D eigenvalue weighted by molar-refractivity contribution is -0.122. The van der Waals surface area contributed by atoms with Crippen molar-refractivity contribution in [2.45, 2.75) is 25.7 Å². The van der Waals surface area contributed by atoms with Crippen LogP contribution in [-0.4, -0.2) is 35.9 Å². The Hall–Kier alpha value is -1.79. The Morgan fingerprint density at radius 1 is 1.16 bits per heavy atom. The largest absolute Gasteiger partial charge is 0.286 e. The van der Waals surface area contributed by atoms with Gasteiger partial charge in [-0.15, -0.1) is 15.7 Å². The lowest BCUT2D eigenvalue weighted by Gasteiger charge is -2.19. The van der Waals surface area contributed by atoms with Crippen LogP contribution in [0.5, 0.6) is 0 Å². The standard InChI is InChI=1S/C19H17ClN4O3S4/c1-4-23-16(25)15(17-24(11(2)12(3)29-17)18-21-9-10-28-18)30-19(23)22-31(26,27)14-7-5-13(20)6-8-14/h5-10H,4H2,1-3H3. The van der Waals surface area contributed by atoms with Crippen LogP contribution in [0.2, 0.25) is 5.02 Å². The fraction of sp³-hybridized carbons (Fsp3) is 0.211. The number of thiazole rings is 1. The molecule has 0 N–H and O–H groups in total. The number of amides is 1. The van der Waals surface area contributed by atoms with E-state index in [1.807, 2.05) is 24.1 Å². The molecule has 0 spiro atoms. The molecule has 3 heterocycles. The van der Waals surface area contributed by atoms with E-state index in [9.17, 15) is 13.2 Å². The molecule has 162 valence electrons. The molecule has 0 aliphatic carbocycles. The average Bonchev–Trinajstić information content (AvgIpc) is 3.41. The molecule has 1 saturated heterocycles. The van der Waals surface area contributed by atoms with Gasteiger partial charge >= 0.3 is 0 Å². The predicted molar refractivity (Wildman–Crippen MR) is 129 cm³/mol. The van der Waals surface area contributed by atoms with Gasteiger partial charge in [-0.2, -0.15) is 8.42 Å². The van der Waals surface area contributed by atoms with Gasteiger partial charge in [-0.05, 0) is 56.8 Å². The summed E-state index contributed by atoms with van der Waals surface area (Å²) in [5, 5.41) is 3.90. The van der Waals surface area contributed by atoms with Crippen molar-refractivity contribution in [2.75, 3.05) is 11.4 Å². The van der Waals surface area contributed by atoms with Gasteiger partial charge in [-0.1, -0.05) is 23.4 Å². The van der Waals surface area contributed by atoms with Crippen molar-refractivity contribution in [1.82, 2.24) is 9.88 Å². The number of aromatic nitrogens is 1. The Bertz CT molecular complexity index is 1240. The smallest absolute Gasteiger partial charge is 0.284 e. The molecule has 2 aliphatic rings. The van der Waals surface area contributed by atoms with Crippen molar-refractivity contribution in [1.29, 1.82) is 0 Å². The van der Waals surface area contributed by atoms with Crippen LogP contribution in [0.15, 0.2) is 65.7 Å². The maximum absolute atomic E-state index is 13.2. The molecule has 31 heavy (non-hydrogen) atoms. The van der Waals surface area contributed by atoms with E-state index in [4.69, 9.17) is 11.6 Å². The minimum atomic E-state index is -4.00. The lowest BCUT2D eigenvalue weighted by atomic mass is 10.4. The number of rotatable bonds is 4. The second kappa shape index (κ2) is 8.62. The number of carbonyl (C=O) groups excluding carboxylic acids is 1. The number of benzene rings is 1. The molecule has 2 aliphatic heterocycles. The van der Waals surface area contributed by atoms with Gasteiger partial charge in [0.2, 0.25) is 0 Å². The molecule has 1 amide bonds. The highest BCUT2D eigenvalue weighted by Gasteiger charge is 2.40. The van der Waals surface area contributed by atoms with Crippen LogP contribution >= 0.6 is 46.5 Å². The average molecular weight is 513 g/mol. The van der Waals surface area contributed by atoms with E-state index < -0.39 is 10.0 Å². The molecule has 7 nitrogen and oxygen atoms in total. The van der Waals surface area contributed by atoms with Crippen molar-refractivity contribution in [3.8, 4) is 0 Å². The molecule has 0 radical (unpaired) electrons. The molecule has 1 fully saturated rings. The zero-order chi connectivity index (χ0) is 22.3. The van der Waals surface area contributed by atoms with Crippen LogP contribution in [0.3, 0.4) is 0 Å². The van der Waals surface area contributed by atoms with Crippen LogP contribution < -0.4 is 4.90 Å². The van der Waals surface area contributed by atoms with Crippen molar-refractivity contribution in [3.05, 3.63) is 61.4 Å². The van der Waals surface area contributed by atoms with Crippen molar-refractivity contribution in [3.63, 3.8) is 0 Å². The summed E-state index contributed by atoms with van der Waals surface area (Å²) in [6, 6.07) is 5.77. The number of nitrogens with zero attached hydrogens (tertiary/aromatic N) is 4. The number of hydrogen-bond acceptors (Lipinski definition) is 8. The Morgan fingerprint density at radius 2 is 1.87 bits per heavy atom. The summed E-state index contributed by atoms with van der Waals surface area (Å²) in [6.45, 7) is 6.03. The van der Waals surface area contributed by atoms with Gasteiger partial charge in [-0.3, -0.25) is 14.6 Å². The summed E-state index contributed by atoms with van der Waals surface area (Å²) in [4.78, 5) is 22.4. The third-order valence-corrected chi connectivity index (χ3v) is 9.37. The minimum absolute atomic E-state index is 0.0163. The van der Waals surface area contributed by atoms with Gasteiger partial charge in [0.1, 0.15) is 9.93 Å². The normalized spacial score (nSPS) is 21.2. The van der Waals surface area contributed by atoms with Gasteiger partial charge in [0.15, 0.2) is 10.3 Å². The van der Waals surface area contributed by atoms with Crippen LogP contribution in [0, 0.1) is 0 Å². The fourth-order valence-corrected chi connectivity index (χ4v) is 7.29. The Labute approximate surface area is 197 Å². The first-order chi connectivity index (χ1) is 14.7. The molecular weight excluding hydrogens is 496 g/mol. The first kappa shape index (κ1) is 22.4. The molecule has 12 heteroatoms. The summed E-state index contributed by atoms with van der Waals surface area (Å²) >= 11 is 9.87. The van der Waals surface area contributed by atoms with E-state index in [0.717, 1.165) is 27.5 Å². The number of anilines is 1. The van der Waals surface area contributed by atoms with E-state index in [2.05, 4.69) is 9.38 Å². The van der Waals surface area contributed by atoms with Crippen molar-refractivity contribution in [2.24, 2.45) is 4.40 Å². The molecule has 0 saturated carbocycles. The summed E-state index contributed by atoms with van der Waals surface area (Å²) in [5.41, 5.74) is 0.984. The Balaban J connectivity index is 1.77. The lowest BCUT2D eigenvalue weighted by Crippen LogP contribution is -2.30. The topological polar surface area (TPSA) is 82.9 Å². The number of likely N-dealkylation sites (N-methyl/N-ethyl adjacent to an activating group) is 1. The molecule has 1 aromatic carbocycles. The van der Waals surface area contributed by atoms with Gasteiger partial charge in [0, 0.05) is 33.7 Å². The number of thioether (sulfide) groups is 2. The summed E-state index contributed by atoms with van der Waals surface area (Å²) in [5.74, 6) is -0.274. The third kappa shape index (κ3) is 4.17. The quantitative estimate of drug-likeness (QED) is 0.526. The summed E-state index contributed by atoms with van der Waals surface area (Å²) < 4.78 is 29.6.